The van der Waals surface area contributed by atoms with E-state index in [0.717, 1.165) is 70.5 Å². The van der Waals surface area contributed by atoms with Crippen LogP contribution in [0.15, 0.2) is 109 Å². The van der Waals surface area contributed by atoms with E-state index in [2.05, 4.69) is 19.8 Å². The van der Waals surface area contributed by atoms with Crippen LogP contribution in [0.3, 0.4) is 0 Å². The third-order valence-corrected chi connectivity index (χ3v) is 8.53. The summed E-state index contributed by atoms with van der Waals surface area (Å²) in [5, 5.41) is 14.8. The van der Waals surface area contributed by atoms with E-state index in [1.807, 2.05) is 109 Å². The number of fused-ring (bicyclic) bond motifs is 2. The van der Waals surface area contributed by atoms with E-state index in [1.165, 1.54) is 0 Å². The van der Waals surface area contributed by atoms with Gasteiger partial charge in [0, 0.05) is 82.7 Å². The highest BCUT2D eigenvalue weighted by molar-refractivity contribution is 6.08. The van der Waals surface area contributed by atoms with Gasteiger partial charge in [-0.3, -0.25) is 9.59 Å². The number of hydrogen-bond donors (Lipinski definition) is 3. The molecule has 7 rings (SSSR count). The number of benzene rings is 4. The topological polar surface area (TPSA) is 93.6 Å². The summed E-state index contributed by atoms with van der Waals surface area (Å²) in [6.45, 7) is 1.64. The fraction of sp³-hybridized carbons (Fsp3) is 0.167. The van der Waals surface area contributed by atoms with Crippen LogP contribution in [0.5, 0.6) is 0 Å². The zero-order valence-corrected chi connectivity index (χ0v) is 24.4. The molecule has 2 amide bonds. The smallest absolute Gasteiger partial charge is 0.258 e. The Balaban J connectivity index is 1.03. The number of carbonyl (C=O) groups is 2. The molecule has 3 N–H and O–H groups in total. The third kappa shape index (κ3) is 5.31. The summed E-state index contributed by atoms with van der Waals surface area (Å²) in [7, 11) is 1.79. The van der Waals surface area contributed by atoms with E-state index in [-0.39, 0.29) is 17.9 Å². The molecule has 8 heteroatoms. The van der Waals surface area contributed by atoms with Crippen molar-refractivity contribution in [3.8, 4) is 5.69 Å². The van der Waals surface area contributed by atoms with E-state index in [9.17, 15) is 14.7 Å². The highest BCUT2D eigenvalue weighted by atomic mass is 16.3. The molecule has 6 aromatic rings. The molecule has 1 aliphatic rings. The molecule has 2 aromatic heterocycles. The van der Waals surface area contributed by atoms with Gasteiger partial charge >= 0.3 is 0 Å². The van der Waals surface area contributed by atoms with Gasteiger partial charge in [-0.25, -0.2) is 0 Å². The summed E-state index contributed by atoms with van der Waals surface area (Å²) in [5.74, 6) is -0.229. The summed E-state index contributed by atoms with van der Waals surface area (Å²) >= 11 is 0. The molecule has 0 atom stereocenters. The zero-order chi connectivity index (χ0) is 30.2. The number of anilines is 3. The van der Waals surface area contributed by atoms with Crippen molar-refractivity contribution in [1.82, 2.24) is 9.55 Å². The molecule has 44 heavy (non-hydrogen) atoms. The van der Waals surface area contributed by atoms with Gasteiger partial charge in [0.05, 0.1) is 11.6 Å². The van der Waals surface area contributed by atoms with Crippen LogP contribution in [0, 0.1) is 0 Å². The van der Waals surface area contributed by atoms with Gasteiger partial charge < -0.3 is 29.8 Å². The van der Waals surface area contributed by atoms with Crippen LogP contribution >= 0.6 is 0 Å². The number of nitrogens with one attached hydrogen (secondary N) is 2. The molecule has 0 spiro atoms. The van der Waals surface area contributed by atoms with Crippen LogP contribution in [-0.2, 0) is 0 Å². The molecule has 0 unspecified atom stereocenters. The highest BCUT2D eigenvalue weighted by Crippen LogP contribution is 2.27. The van der Waals surface area contributed by atoms with Crippen LogP contribution in [0.4, 0.5) is 17.1 Å². The SMILES string of the molecule is CN(C(=O)c1ccc2[nH]ccc2c1)c1ccc(-n2ccc3cc(NC(=O)c4ccc(N5CCC(O)CC5)cc4)ccc32)cc1. The first-order valence-electron chi connectivity index (χ1n) is 14.8. The Morgan fingerprint density at radius 1 is 0.818 bits per heavy atom. The number of H-pyrrole nitrogens is 1. The Hall–Kier alpha value is -5.34. The first kappa shape index (κ1) is 27.5. The maximum atomic E-state index is 13.2. The minimum atomic E-state index is -0.215. The minimum Gasteiger partial charge on any atom is -0.393 e. The Morgan fingerprint density at radius 3 is 2.32 bits per heavy atom. The second-order valence-electron chi connectivity index (χ2n) is 11.3. The van der Waals surface area contributed by atoms with Gasteiger partial charge in [0.2, 0.25) is 0 Å². The molecule has 1 saturated heterocycles. The summed E-state index contributed by atoms with van der Waals surface area (Å²) in [5.41, 5.74) is 6.81. The lowest BCUT2D eigenvalue weighted by Gasteiger charge is -2.31. The number of aromatic nitrogens is 2. The first-order chi connectivity index (χ1) is 21.4. The van der Waals surface area contributed by atoms with Crippen molar-refractivity contribution in [2.24, 2.45) is 0 Å². The number of hydrogen-bond acceptors (Lipinski definition) is 4. The predicted octanol–water partition coefficient (Wildman–Crippen LogP) is 6.60. The van der Waals surface area contributed by atoms with Gasteiger partial charge in [-0.1, -0.05) is 0 Å². The van der Waals surface area contributed by atoms with Crippen molar-refractivity contribution >= 4 is 50.7 Å². The lowest BCUT2D eigenvalue weighted by molar-refractivity contribution is 0.0991. The molecule has 0 bridgehead atoms. The molecule has 0 saturated carbocycles. The van der Waals surface area contributed by atoms with Crippen molar-refractivity contribution in [3.05, 3.63) is 121 Å². The van der Waals surface area contributed by atoms with Crippen molar-refractivity contribution in [2.45, 2.75) is 18.9 Å². The average molecular weight is 584 g/mol. The largest absolute Gasteiger partial charge is 0.393 e. The molecular weight excluding hydrogens is 550 g/mol. The molecule has 1 aliphatic heterocycles. The van der Waals surface area contributed by atoms with Gasteiger partial charge in [-0.05, 0) is 110 Å². The van der Waals surface area contributed by atoms with E-state index in [4.69, 9.17) is 0 Å². The van der Waals surface area contributed by atoms with Crippen molar-refractivity contribution in [2.75, 3.05) is 35.3 Å². The van der Waals surface area contributed by atoms with Crippen molar-refractivity contribution < 1.29 is 14.7 Å². The molecule has 1 fully saturated rings. The van der Waals surface area contributed by atoms with E-state index >= 15 is 0 Å². The van der Waals surface area contributed by atoms with Gasteiger partial charge in [0.15, 0.2) is 0 Å². The Morgan fingerprint density at radius 2 is 1.55 bits per heavy atom. The fourth-order valence-corrected chi connectivity index (χ4v) is 5.93. The molecule has 3 heterocycles. The van der Waals surface area contributed by atoms with E-state index < -0.39 is 0 Å². The Labute approximate surface area is 255 Å². The number of aliphatic hydroxyl groups is 1. The number of aliphatic hydroxyl groups excluding tert-OH is 1. The number of carbonyl (C=O) groups excluding carboxylic acids is 2. The van der Waals surface area contributed by atoms with Gasteiger partial charge in [0.1, 0.15) is 0 Å². The highest BCUT2D eigenvalue weighted by Gasteiger charge is 2.18. The second kappa shape index (κ2) is 11.4. The van der Waals surface area contributed by atoms with Crippen molar-refractivity contribution in [3.63, 3.8) is 0 Å². The first-order valence-corrected chi connectivity index (χ1v) is 14.8. The Kier molecular flexibility index (Phi) is 7.12. The Bertz CT molecular complexity index is 1970. The predicted molar refractivity (Wildman–Crippen MR) is 176 cm³/mol. The molecule has 220 valence electrons. The number of piperidine rings is 1. The summed E-state index contributed by atoms with van der Waals surface area (Å²) in [6, 6.07) is 31.1. The zero-order valence-electron chi connectivity index (χ0n) is 24.4. The summed E-state index contributed by atoms with van der Waals surface area (Å²) in [6.07, 6.45) is 5.19. The van der Waals surface area contributed by atoms with Gasteiger partial charge in [-0.15, -0.1) is 0 Å². The van der Waals surface area contributed by atoms with Crippen LogP contribution < -0.4 is 15.1 Å². The average Bonchev–Trinajstić information content (AvgIpc) is 3.71. The standard InChI is InChI=1S/C36H33N5O3/c1-39(36(44)27-4-12-33-25(22-27)14-18-37-33)29-8-10-31(11-9-29)41-21-15-26-23-28(5-13-34(26)41)38-35(43)24-2-6-30(7-3-24)40-19-16-32(42)17-20-40/h2-15,18,21-23,32,37,42H,16-17,19-20H2,1H3,(H,38,43). The summed E-state index contributed by atoms with van der Waals surface area (Å²) < 4.78 is 2.09. The van der Waals surface area contributed by atoms with E-state index in [1.54, 1.807) is 11.9 Å². The van der Waals surface area contributed by atoms with Crippen LogP contribution in [0.1, 0.15) is 33.6 Å². The van der Waals surface area contributed by atoms with Crippen LogP contribution in [0.2, 0.25) is 0 Å². The quantitative estimate of drug-likeness (QED) is 0.206. The molecule has 8 nitrogen and oxygen atoms in total. The molecule has 0 aliphatic carbocycles. The van der Waals surface area contributed by atoms with Gasteiger partial charge in [-0.2, -0.15) is 0 Å². The molecule has 4 aromatic carbocycles. The number of rotatable bonds is 6. The lowest BCUT2D eigenvalue weighted by atomic mass is 10.1. The normalized spacial score (nSPS) is 13.8. The minimum absolute atomic E-state index is 0.0690. The maximum Gasteiger partial charge on any atom is 0.258 e. The van der Waals surface area contributed by atoms with Crippen LogP contribution in [-0.4, -0.2) is 52.7 Å². The summed E-state index contributed by atoms with van der Waals surface area (Å²) in [4.78, 5) is 33.2. The number of amides is 2. The van der Waals surface area contributed by atoms with Crippen LogP contribution in [0.25, 0.3) is 27.5 Å². The maximum absolute atomic E-state index is 13.2. The lowest BCUT2D eigenvalue weighted by Crippen LogP contribution is -2.35. The fourth-order valence-electron chi connectivity index (χ4n) is 5.93. The van der Waals surface area contributed by atoms with E-state index in [0.29, 0.717) is 11.1 Å². The molecule has 0 radical (unpaired) electrons. The number of aromatic amines is 1. The number of nitrogens with zero attached hydrogens (tertiary/aromatic N) is 3. The monoisotopic (exact) mass is 583 g/mol. The third-order valence-electron chi connectivity index (χ3n) is 8.53. The van der Waals surface area contributed by atoms with Gasteiger partial charge in [0.25, 0.3) is 11.8 Å². The second-order valence-corrected chi connectivity index (χ2v) is 11.3. The van der Waals surface area contributed by atoms with Crippen molar-refractivity contribution in [1.29, 1.82) is 0 Å². The molecular formula is C36H33N5O3.